The van der Waals surface area contributed by atoms with Gasteiger partial charge in [-0.2, -0.15) is 0 Å². The van der Waals surface area contributed by atoms with E-state index < -0.39 is 10.2 Å². The third-order valence-electron chi connectivity index (χ3n) is 2.68. The molecule has 0 amide bonds. The predicted molar refractivity (Wildman–Crippen MR) is 73.3 cm³/mol. The minimum atomic E-state index is -4.94. The fraction of sp³-hybridized carbons (Fsp3) is 0.154. The fourth-order valence-electron chi connectivity index (χ4n) is 1.57. The summed E-state index contributed by atoms with van der Waals surface area (Å²) in [7, 11) is -3.39. The Bertz CT molecular complexity index is 714. The van der Waals surface area contributed by atoms with Crippen LogP contribution in [0.5, 0.6) is 0 Å². The number of nitrogen functional groups attached to an aromatic ring is 2. The van der Waals surface area contributed by atoms with Gasteiger partial charge in [0.25, 0.3) is 0 Å². The van der Waals surface area contributed by atoms with Gasteiger partial charge in [-0.1, -0.05) is 0 Å². The van der Waals surface area contributed by atoms with Gasteiger partial charge < -0.3 is 16.3 Å². The van der Waals surface area contributed by atoms with Gasteiger partial charge in [-0.05, 0) is 46.6 Å². The minimum absolute atomic E-state index is 0.492. The number of anilines is 2. The van der Waals surface area contributed by atoms with Crippen molar-refractivity contribution < 1.29 is 38.4 Å². The van der Waals surface area contributed by atoms with E-state index in [9.17, 15) is 0 Å². The number of aromatic nitrogens is 1. The standard InChI is InChI=1S/C13H15N5O.ClHO4/c1-9-7-12(11(15)8-10(9)14)16-17-13-5-3-4-6-18(13)19-2;2-1(3,4)5/h3-8H,1-2H3,(H3,14,15);(H,2,3,4,5). The van der Waals surface area contributed by atoms with Crippen molar-refractivity contribution in [3.05, 3.63) is 42.1 Å². The van der Waals surface area contributed by atoms with Crippen molar-refractivity contribution in [2.75, 3.05) is 18.6 Å². The van der Waals surface area contributed by atoms with Gasteiger partial charge in [0, 0.05) is 11.8 Å². The Hall–Kier alpha value is -2.50. The SMILES string of the molecule is CO[n+]1ccccc1N=Nc1cc(C)c(N)cc1N.[O-][Cl+3]([O-])([O-])[O-]. The second-order valence-corrected chi connectivity index (χ2v) is 5.17. The zero-order chi connectivity index (χ0) is 18.3. The molecule has 0 bridgehead atoms. The van der Waals surface area contributed by atoms with E-state index in [0.29, 0.717) is 22.9 Å². The Morgan fingerprint density at radius 3 is 2.25 bits per heavy atom. The minimum Gasteiger partial charge on any atom is -0.398 e. The molecule has 0 aliphatic carbocycles. The van der Waals surface area contributed by atoms with E-state index in [4.69, 9.17) is 34.9 Å². The molecule has 130 valence electrons. The third-order valence-corrected chi connectivity index (χ3v) is 2.68. The van der Waals surface area contributed by atoms with Crippen LogP contribution in [-0.4, -0.2) is 7.11 Å². The highest BCUT2D eigenvalue weighted by Crippen LogP contribution is 2.28. The molecule has 11 heteroatoms. The summed E-state index contributed by atoms with van der Waals surface area (Å²) < 4.78 is 35.5. The molecule has 0 unspecified atom stereocenters. The van der Waals surface area contributed by atoms with Crippen molar-refractivity contribution in [1.29, 1.82) is 0 Å². The summed E-state index contributed by atoms with van der Waals surface area (Å²) in [4.78, 5) is 5.12. The first kappa shape index (κ1) is 19.5. The molecule has 4 N–H and O–H groups in total. The van der Waals surface area contributed by atoms with Crippen molar-refractivity contribution >= 4 is 22.9 Å². The van der Waals surface area contributed by atoms with Crippen LogP contribution < -0.4 is 39.7 Å². The second-order valence-electron chi connectivity index (χ2n) is 4.41. The Morgan fingerprint density at radius 1 is 1.04 bits per heavy atom. The molecule has 0 saturated heterocycles. The molecule has 10 nitrogen and oxygen atoms in total. The Labute approximate surface area is 139 Å². The molecule has 0 saturated carbocycles. The van der Waals surface area contributed by atoms with Crippen molar-refractivity contribution in [3.63, 3.8) is 0 Å². The lowest BCUT2D eigenvalue weighted by molar-refractivity contribution is -2.00. The molecule has 0 atom stereocenters. The average molecular weight is 358 g/mol. The van der Waals surface area contributed by atoms with Crippen LogP contribution in [0.25, 0.3) is 0 Å². The van der Waals surface area contributed by atoms with E-state index in [0.717, 1.165) is 5.56 Å². The number of halogens is 1. The number of benzene rings is 1. The Balaban J connectivity index is 0.000000505. The maximum Gasteiger partial charge on any atom is 0.388 e. The van der Waals surface area contributed by atoms with Crippen molar-refractivity contribution in [2.24, 2.45) is 10.2 Å². The smallest absolute Gasteiger partial charge is 0.388 e. The zero-order valence-corrected chi connectivity index (χ0v) is 13.6. The molecule has 1 aromatic carbocycles. The lowest BCUT2D eigenvalue weighted by Gasteiger charge is -2.17. The number of azo groups is 1. The number of nitrogens with zero attached hydrogens (tertiary/aromatic N) is 3. The number of aryl methyl sites for hydroxylation is 1. The van der Waals surface area contributed by atoms with Crippen molar-refractivity contribution in [2.45, 2.75) is 6.92 Å². The summed E-state index contributed by atoms with van der Waals surface area (Å²) in [6, 6.07) is 8.95. The molecule has 0 aliphatic rings. The summed E-state index contributed by atoms with van der Waals surface area (Å²) in [5, 5.41) is 8.25. The van der Waals surface area contributed by atoms with Gasteiger partial charge in [0.2, 0.25) is 0 Å². The maximum atomic E-state index is 8.49. The highest BCUT2D eigenvalue weighted by Gasteiger charge is 2.10. The van der Waals surface area contributed by atoms with E-state index in [2.05, 4.69) is 10.2 Å². The third kappa shape index (κ3) is 6.73. The summed E-state index contributed by atoms with van der Waals surface area (Å²) >= 11 is 0. The highest BCUT2D eigenvalue weighted by atomic mass is 35.7. The quantitative estimate of drug-likeness (QED) is 0.337. The van der Waals surface area contributed by atoms with Gasteiger partial charge in [-0.3, -0.25) is 0 Å². The average Bonchev–Trinajstić information content (AvgIpc) is 2.48. The maximum absolute atomic E-state index is 8.49. The monoisotopic (exact) mass is 357 g/mol. The number of rotatable bonds is 3. The number of nitrogens with two attached hydrogens (primary N) is 2. The van der Waals surface area contributed by atoms with Gasteiger partial charge >= 0.3 is 5.82 Å². The van der Waals surface area contributed by atoms with Crippen LogP contribution in [0, 0.1) is 17.2 Å². The van der Waals surface area contributed by atoms with E-state index in [1.807, 2.05) is 19.1 Å². The van der Waals surface area contributed by atoms with Crippen LogP contribution >= 0.6 is 0 Å². The lowest BCUT2D eigenvalue weighted by Crippen LogP contribution is -2.68. The first-order valence-corrected chi connectivity index (χ1v) is 7.59. The van der Waals surface area contributed by atoms with Crippen LogP contribution in [0.15, 0.2) is 46.8 Å². The lowest BCUT2D eigenvalue weighted by atomic mass is 10.1. The molecule has 0 spiro atoms. The highest BCUT2D eigenvalue weighted by molar-refractivity contribution is 5.70. The van der Waals surface area contributed by atoms with Crippen molar-refractivity contribution in [3.8, 4) is 0 Å². The van der Waals surface area contributed by atoms with E-state index >= 15 is 0 Å². The largest absolute Gasteiger partial charge is 0.398 e. The molecular formula is C13H16ClN5O5. The molecule has 2 rings (SSSR count). The second kappa shape index (κ2) is 8.38. The molecule has 24 heavy (non-hydrogen) atoms. The van der Waals surface area contributed by atoms with Crippen LogP contribution in [0.1, 0.15) is 5.56 Å². The number of pyridine rings is 1. The molecule has 0 aliphatic heterocycles. The predicted octanol–water partition coefficient (Wildman–Crippen LogP) is -2.84. The van der Waals surface area contributed by atoms with Crippen LogP contribution in [-0.2, 0) is 0 Å². The summed E-state index contributed by atoms with van der Waals surface area (Å²) in [5.74, 6) is 0.568. The van der Waals surface area contributed by atoms with Gasteiger partial charge in [0.1, 0.15) is 19.0 Å². The number of hydrogen-bond acceptors (Lipinski definition) is 9. The zero-order valence-electron chi connectivity index (χ0n) is 12.9. The van der Waals surface area contributed by atoms with Crippen LogP contribution in [0.2, 0.25) is 0 Å². The molecule has 1 heterocycles. The summed E-state index contributed by atoms with van der Waals surface area (Å²) in [6.45, 7) is 1.89. The summed E-state index contributed by atoms with van der Waals surface area (Å²) in [6.07, 6.45) is 1.74. The normalized spacial score (nSPS) is 11.1. The van der Waals surface area contributed by atoms with E-state index in [1.165, 1.54) is 4.73 Å². The van der Waals surface area contributed by atoms with Gasteiger partial charge in [0.15, 0.2) is 0 Å². The molecular weight excluding hydrogens is 342 g/mol. The Morgan fingerprint density at radius 2 is 1.67 bits per heavy atom. The van der Waals surface area contributed by atoms with Gasteiger partial charge in [-0.15, -0.1) is 10.2 Å². The molecule has 0 radical (unpaired) electrons. The topological polar surface area (TPSA) is 182 Å². The fourth-order valence-corrected chi connectivity index (χ4v) is 1.57. The first-order chi connectivity index (χ1) is 11.1. The van der Waals surface area contributed by atoms with Crippen LogP contribution in [0.4, 0.5) is 22.9 Å². The van der Waals surface area contributed by atoms with E-state index in [1.54, 1.807) is 31.5 Å². The molecule has 1 aromatic heterocycles. The molecule has 2 aromatic rings. The number of hydrogen-bond donors (Lipinski definition) is 2. The van der Waals surface area contributed by atoms with Gasteiger partial charge in [-0.25, -0.2) is 18.6 Å². The molecule has 0 fully saturated rings. The Kier molecular flexibility index (Phi) is 6.82. The van der Waals surface area contributed by atoms with Crippen molar-refractivity contribution in [1.82, 2.24) is 0 Å². The van der Waals surface area contributed by atoms with E-state index in [-0.39, 0.29) is 0 Å². The summed E-state index contributed by atoms with van der Waals surface area (Å²) in [5.41, 5.74) is 14.2. The van der Waals surface area contributed by atoms with Gasteiger partial charge in [0.05, 0.1) is 10.8 Å². The first-order valence-electron chi connectivity index (χ1n) is 6.36. The van der Waals surface area contributed by atoms with Crippen LogP contribution in [0.3, 0.4) is 0 Å².